The fourth-order valence-corrected chi connectivity index (χ4v) is 2.25. The van der Waals surface area contributed by atoms with Gasteiger partial charge < -0.3 is 4.40 Å². The third-order valence-corrected chi connectivity index (χ3v) is 3.23. The Morgan fingerprint density at radius 3 is 2.94 bits per heavy atom. The molecule has 0 saturated carbocycles. The van der Waals surface area contributed by atoms with E-state index in [1.807, 2.05) is 28.8 Å². The molecule has 98 valence electrons. The van der Waals surface area contributed by atoms with Crippen LogP contribution in [0.2, 0.25) is 0 Å². The second-order valence-corrected chi connectivity index (χ2v) is 5.80. The zero-order valence-corrected chi connectivity index (χ0v) is 11.1. The number of unbranched alkanes of at least 4 members (excludes halogenated alkanes) is 1. The first-order valence-electron chi connectivity index (χ1n) is 5.82. The molecule has 0 saturated heterocycles. The summed E-state index contributed by atoms with van der Waals surface area (Å²) in [7, 11) is -3.31. The van der Waals surface area contributed by atoms with Crippen LogP contribution in [-0.4, -0.2) is 30.7 Å². The lowest BCUT2D eigenvalue weighted by Gasteiger charge is -2.05. The van der Waals surface area contributed by atoms with Gasteiger partial charge in [0.25, 0.3) is 10.1 Å². The van der Waals surface area contributed by atoms with Gasteiger partial charge in [-0.2, -0.15) is 8.42 Å². The van der Waals surface area contributed by atoms with Crippen LogP contribution in [0.1, 0.15) is 18.5 Å². The second kappa shape index (κ2) is 5.49. The molecule has 18 heavy (non-hydrogen) atoms. The summed E-state index contributed by atoms with van der Waals surface area (Å²) in [6.45, 7) is 0.249. The molecule has 5 nitrogen and oxygen atoms in total. The molecule has 2 aromatic heterocycles. The predicted molar refractivity (Wildman–Crippen MR) is 68.9 cm³/mol. The van der Waals surface area contributed by atoms with E-state index in [-0.39, 0.29) is 6.61 Å². The maximum Gasteiger partial charge on any atom is 0.264 e. The number of pyridine rings is 1. The topological polar surface area (TPSA) is 60.7 Å². The highest BCUT2D eigenvalue weighted by Gasteiger charge is 2.03. The van der Waals surface area contributed by atoms with Gasteiger partial charge in [0.15, 0.2) is 0 Å². The van der Waals surface area contributed by atoms with Crippen molar-refractivity contribution in [2.45, 2.75) is 19.3 Å². The number of rotatable bonds is 6. The maximum absolute atomic E-state index is 10.8. The van der Waals surface area contributed by atoms with Gasteiger partial charge in [-0.05, 0) is 31.4 Å². The fourth-order valence-electron chi connectivity index (χ4n) is 1.83. The molecular formula is C12H16N2O3S. The molecule has 2 heterocycles. The van der Waals surface area contributed by atoms with E-state index in [4.69, 9.17) is 4.18 Å². The molecule has 0 aliphatic carbocycles. The molecule has 0 radical (unpaired) electrons. The third-order valence-electron chi connectivity index (χ3n) is 2.64. The average molecular weight is 268 g/mol. The van der Waals surface area contributed by atoms with Crippen LogP contribution in [0.15, 0.2) is 30.6 Å². The summed E-state index contributed by atoms with van der Waals surface area (Å²) in [6.07, 6.45) is 7.24. The summed E-state index contributed by atoms with van der Waals surface area (Å²) >= 11 is 0. The van der Waals surface area contributed by atoms with Gasteiger partial charge in [0.05, 0.1) is 12.9 Å². The second-order valence-electron chi connectivity index (χ2n) is 4.16. The van der Waals surface area contributed by atoms with Crippen molar-refractivity contribution < 1.29 is 12.6 Å². The van der Waals surface area contributed by atoms with E-state index in [2.05, 4.69) is 4.98 Å². The molecule has 0 spiro atoms. The van der Waals surface area contributed by atoms with Gasteiger partial charge in [-0.25, -0.2) is 4.98 Å². The fraction of sp³-hybridized carbons (Fsp3) is 0.417. The molecule has 0 aromatic carbocycles. The molecule has 0 aliphatic heterocycles. The zero-order chi connectivity index (χ0) is 13.0. The lowest BCUT2D eigenvalue weighted by atomic mass is 10.2. The van der Waals surface area contributed by atoms with E-state index in [0.717, 1.165) is 31.2 Å². The van der Waals surface area contributed by atoms with Crippen molar-refractivity contribution >= 4 is 15.8 Å². The van der Waals surface area contributed by atoms with Crippen LogP contribution in [0, 0.1) is 0 Å². The standard InChI is InChI=1S/C12H16N2O3S/c1-18(15,16)17-10-3-2-5-11-6-4-7-12-13-8-9-14(11)12/h4,6-9H,2-3,5,10H2,1H3. The monoisotopic (exact) mass is 268 g/mol. The Hall–Kier alpha value is -1.40. The van der Waals surface area contributed by atoms with Crippen LogP contribution < -0.4 is 0 Å². The van der Waals surface area contributed by atoms with Gasteiger partial charge in [0, 0.05) is 18.1 Å². The van der Waals surface area contributed by atoms with E-state index in [1.54, 1.807) is 6.20 Å². The first-order valence-corrected chi connectivity index (χ1v) is 7.63. The molecule has 0 aliphatic rings. The Labute approximate surface area is 107 Å². The minimum Gasteiger partial charge on any atom is -0.304 e. The SMILES string of the molecule is CS(=O)(=O)OCCCCc1cccc2nccn12. The first kappa shape index (κ1) is 13.0. The Bertz CT molecular complexity index is 619. The van der Waals surface area contributed by atoms with Crippen LogP contribution in [0.25, 0.3) is 5.65 Å². The van der Waals surface area contributed by atoms with Gasteiger partial charge in [0.1, 0.15) is 5.65 Å². The molecule has 0 unspecified atom stereocenters. The van der Waals surface area contributed by atoms with Crippen molar-refractivity contribution in [2.75, 3.05) is 12.9 Å². The van der Waals surface area contributed by atoms with Crippen molar-refractivity contribution in [1.82, 2.24) is 9.38 Å². The van der Waals surface area contributed by atoms with Crippen molar-refractivity contribution in [3.05, 3.63) is 36.3 Å². The van der Waals surface area contributed by atoms with Crippen molar-refractivity contribution in [3.63, 3.8) is 0 Å². The zero-order valence-electron chi connectivity index (χ0n) is 10.2. The summed E-state index contributed by atoms with van der Waals surface area (Å²) in [5.41, 5.74) is 2.10. The summed E-state index contributed by atoms with van der Waals surface area (Å²) in [4.78, 5) is 4.22. The van der Waals surface area contributed by atoms with Crippen molar-refractivity contribution in [1.29, 1.82) is 0 Å². The van der Waals surface area contributed by atoms with Gasteiger partial charge in [-0.1, -0.05) is 6.07 Å². The van der Waals surface area contributed by atoms with Crippen LogP contribution in [0.4, 0.5) is 0 Å². The lowest BCUT2D eigenvalue weighted by molar-refractivity contribution is 0.312. The molecule has 0 N–H and O–H groups in total. The van der Waals surface area contributed by atoms with Gasteiger partial charge in [-0.15, -0.1) is 0 Å². The highest BCUT2D eigenvalue weighted by molar-refractivity contribution is 7.85. The van der Waals surface area contributed by atoms with Crippen molar-refractivity contribution in [2.24, 2.45) is 0 Å². The summed E-state index contributed by atoms with van der Waals surface area (Å²) in [6, 6.07) is 5.98. The number of fused-ring (bicyclic) bond motifs is 1. The molecule has 2 rings (SSSR count). The minimum atomic E-state index is -3.31. The Kier molecular flexibility index (Phi) is 3.98. The van der Waals surface area contributed by atoms with E-state index in [0.29, 0.717) is 0 Å². The Morgan fingerprint density at radius 1 is 1.33 bits per heavy atom. The van der Waals surface area contributed by atoms with Gasteiger partial charge in [-0.3, -0.25) is 4.18 Å². The van der Waals surface area contributed by atoms with E-state index in [9.17, 15) is 8.42 Å². The number of hydrogen-bond donors (Lipinski definition) is 0. The predicted octanol–water partition coefficient (Wildman–Crippen LogP) is 1.63. The van der Waals surface area contributed by atoms with Gasteiger partial charge in [0.2, 0.25) is 0 Å². The number of nitrogens with zero attached hydrogens (tertiary/aromatic N) is 2. The number of imidazole rings is 1. The largest absolute Gasteiger partial charge is 0.304 e. The molecule has 2 aromatic rings. The van der Waals surface area contributed by atoms with Crippen LogP contribution >= 0.6 is 0 Å². The van der Waals surface area contributed by atoms with Crippen molar-refractivity contribution in [3.8, 4) is 0 Å². The van der Waals surface area contributed by atoms with E-state index >= 15 is 0 Å². The average Bonchev–Trinajstić information content (AvgIpc) is 2.75. The molecule has 0 atom stereocenters. The Balaban J connectivity index is 1.85. The third kappa shape index (κ3) is 3.54. The lowest BCUT2D eigenvalue weighted by Crippen LogP contribution is -2.04. The number of aromatic nitrogens is 2. The summed E-state index contributed by atoms with van der Waals surface area (Å²) in [5.74, 6) is 0. The van der Waals surface area contributed by atoms with Crippen LogP contribution in [0.5, 0.6) is 0 Å². The molecule has 6 heteroatoms. The van der Waals surface area contributed by atoms with E-state index in [1.165, 1.54) is 5.69 Å². The van der Waals surface area contributed by atoms with E-state index < -0.39 is 10.1 Å². The highest BCUT2D eigenvalue weighted by atomic mass is 32.2. The highest BCUT2D eigenvalue weighted by Crippen LogP contribution is 2.09. The van der Waals surface area contributed by atoms with Crippen LogP contribution in [0.3, 0.4) is 0 Å². The number of hydrogen-bond acceptors (Lipinski definition) is 4. The molecule has 0 amide bonds. The molecular weight excluding hydrogens is 252 g/mol. The molecule has 0 bridgehead atoms. The van der Waals surface area contributed by atoms with Crippen LogP contribution in [-0.2, 0) is 20.7 Å². The first-order chi connectivity index (χ1) is 8.56. The quantitative estimate of drug-likeness (QED) is 0.590. The minimum absolute atomic E-state index is 0.249. The molecule has 0 fully saturated rings. The summed E-state index contributed by atoms with van der Waals surface area (Å²) < 4.78 is 28.3. The maximum atomic E-state index is 10.8. The Morgan fingerprint density at radius 2 is 2.17 bits per heavy atom. The number of aryl methyl sites for hydroxylation is 1. The normalized spacial score (nSPS) is 12.1. The summed E-state index contributed by atoms with van der Waals surface area (Å²) in [5, 5.41) is 0. The van der Waals surface area contributed by atoms with Gasteiger partial charge >= 0.3 is 0 Å². The smallest absolute Gasteiger partial charge is 0.264 e.